The van der Waals surface area contributed by atoms with E-state index in [2.05, 4.69) is 30.2 Å². The first-order chi connectivity index (χ1) is 13.1. The SMILES string of the molecule is COc1c(C(C)Nc2ncnc3[nH]cnc23)cc(Cl)c(C)c1-c1cscn1. The van der Waals surface area contributed by atoms with Crippen molar-refractivity contribution in [3.8, 4) is 17.0 Å². The molecule has 0 bridgehead atoms. The van der Waals surface area contributed by atoms with Crippen LogP contribution in [0.1, 0.15) is 24.1 Å². The van der Waals surface area contributed by atoms with Gasteiger partial charge in [-0.15, -0.1) is 11.3 Å². The van der Waals surface area contributed by atoms with E-state index in [1.165, 1.54) is 17.7 Å². The summed E-state index contributed by atoms with van der Waals surface area (Å²) in [5, 5.41) is 6.04. The average Bonchev–Trinajstić information content (AvgIpc) is 3.35. The van der Waals surface area contributed by atoms with E-state index >= 15 is 0 Å². The molecule has 0 spiro atoms. The first kappa shape index (κ1) is 17.7. The number of ether oxygens (including phenoxy) is 1. The Balaban J connectivity index is 1.80. The first-order valence-electron chi connectivity index (χ1n) is 8.26. The molecule has 0 aliphatic carbocycles. The summed E-state index contributed by atoms with van der Waals surface area (Å²) in [6, 6.07) is 1.79. The topological polar surface area (TPSA) is 88.6 Å². The molecular formula is C18H17ClN6OS. The molecule has 4 rings (SSSR count). The third-order valence-electron chi connectivity index (χ3n) is 4.43. The molecule has 1 aromatic carbocycles. The van der Waals surface area contributed by atoms with E-state index in [0.717, 1.165) is 28.1 Å². The number of fused-ring (bicyclic) bond motifs is 1. The number of aromatic nitrogens is 5. The van der Waals surface area contributed by atoms with Crippen LogP contribution in [0.4, 0.5) is 5.82 Å². The van der Waals surface area contributed by atoms with Crippen molar-refractivity contribution in [3.63, 3.8) is 0 Å². The quantitative estimate of drug-likeness (QED) is 0.508. The molecule has 3 aromatic heterocycles. The minimum absolute atomic E-state index is 0.134. The maximum Gasteiger partial charge on any atom is 0.162 e. The minimum atomic E-state index is -0.134. The zero-order valence-corrected chi connectivity index (χ0v) is 16.5. The fourth-order valence-electron chi connectivity index (χ4n) is 3.08. The fraction of sp³-hybridized carbons (Fsp3) is 0.222. The Morgan fingerprint density at radius 2 is 2.11 bits per heavy atom. The number of nitrogens with zero attached hydrogens (tertiary/aromatic N) is 4. The molecule has 0 aliphatic rings. The van der Waals surface area contributed by atoms with Crippen LogP contribution in [0, 0.1) is 6.92 Å². The predicted octanol–water partition coefficient (Wildman–Crippen LogP) is 4.62. The van der Waals surface area contributed by atoms with Gasteiger partial charge in [-0.3, -0.25) is 0 Å². The number of thiazole rings is 1. The van der Waals surface area contributed by atoms with Gasteiger partial charge in [0.05, 0.1) is 30.7 Å². The van der Waals surface area contributed by atoms with Gasteiger partial charge in [0.25, 0.3) is 0 Å². The Labute approximate surface area is 164 Å². The average molecular weight is 401 g/mol. The van der Waals surface area contributed by atoms with Gasteiger partial charge in [0.2, 0.25) is 0 Å². The van der Waals surface area contributed by atoms with Crippen molar-refractivity contribution in [2.75, 3.05) is 12.4 Å². The summed E-state index contributed by atoms with van der Waals surface area (Å²) in [4.78, 5) is 20.2. The van der Waals surface area contributed by atoms with E-state index in [9.17, 15) is 0 Å². The number of benzene rings is 1. The molecule has 0 saturated carbocycles. The number of halogens is 1. The summed E-state index contributed by atoms with van der Waals surface area (Å²) in [5.74, 6) is 1.39. The lowest BCUT2D eigenvalue weighted by Gasteiger charge is -2.22. The van der Waals surface area contributed by atoms with E-state index in [-0.39, 0.29) is 6.04 Å². The second-order valence-corrected chi connectivity index (χ2v) is 7.17. The van der Waals surface area contributed by atoms with E-state index in [4.69, 9.17) is 16.3 Å². The molecule has 27 heavy (non-hydrogen) atoms. The van der Waals surface area contributed by atoms with Gasteiger partial charge in [-0.05, 0) is 25.5 Å². The highest BCUT2D eigenvalue weighted by Crippen LogP contribution is 2.42. The van der Waals surface area contributed by atoms with Gasteiger partial charge in [0.1, 0.15) is 17.6 Å². The Hall–Kier alpha value is -2.71. The monoisotopic (exact) mass is 400 g/mol. The molecule has 3 heterocycles. The van der Waals surface area contributed by atoms with Gasteiger partial charge in [-0.1, -0.05) is 11.6 Å². The molecule has 138 valence electrons. The maximum atomic E-state index is 6.54. The largest absolute Gasteiger partial charge is 0.496 e. The predicted molar refractivity (Wildman–Crippen MR) is 108 cm³/mol. The number of nitrogens with one attached hydrogen (secondary N) is 2. The molecule has 0 amide bonds. The molecule has 1 atom stereocenters. The van der Waals surface area contributed by atoms with Crippen LogP contribution in [0.25, 0.3) is 22.4 Å². The zero-order chi connectivity index (χ0) is 19.0. The van der Waals surface area contributed by atoms with Crippen molar-refractivity contribution in [1.82, 2.24) is 24.9 Å². The second-order valence-electron chi connectivity index (χ2n) is 6.04. The van der Waals surface area contributed by atoms with Crippen LogP contribution in [-0.4, -0.2) is 32.0 Å². The first-order valence-corrected chi connectivity index (χ1v) is 9.58. The molecule has 1 unspecified atom stereocenters. The van der Waals surface area contributed by atoms with Crippen LogP contribution in [0.5, 0.6) is 5.75 Å². The molecule has 4 aromatic rings. The highest BCUT2D eigenvalue weighted by Gasteiger charge is 2.22. The smallest absolute Gasteiger partial charge is 0.162 e. The number of methoxy groups -OCH3 is 1. The number of imidazole rings is 1. The Kier molecular flexibility index (Phi) is 4.67. The molecule has 9 heteroatoms. The molecule has 0 saturated heterocycles. The van der Waals surface area contributed by atoms with Crippen LogP contribution in [0.2, 0.25) is 5.02 Å². The standard InChI is InChI=1S/C18H17ClN6OS/c1-9-12(19)4-11(16(26-3)14(9)13-5-27-8-24-13)10(2)25-18-15-17(21-6-20-15)22-7-23-18/h4-8,10H,1-3H3,(H2,20,21,22,23,25). The minimum Gasteiger partial charge on any atom is -0.496 e. The second kappa shape index (κ2) is 7.13. The lowest BCUT2D eigenvalue weighted by molar-refractivity contribution is 0.409. The van der Waals surface area contributed by atoms with E-state index in [0.29, 0.717) is 22.0 Å². The number of anilines is 1. The molecule has 2 N–H and O–H groups in total. The summed E-state index contributed by atoms with van der Waals surface area (Å²) in [7, 11) is 1.66. The lowest BCUT2D eigenvalue weighted by atomic mass is 9.97. The van der Waals surface area contributed by atoms with Crippen LogP contribution < -0.4 is 10.1 Å². The molecule has 7 nitrogen and oxygen atoms in total. The van der Waals surface area contributed by atoms with Crippen molar-refractivity contribution in [1.29, 1.82) is 0 Å². The van der Waals surface area contributed by atoms with E-state index in [1.54, 1.807) is 18.9 Å². The van der Waals surface area contributed by atoms with Gasteiger partial charge in [-0.2, -0.15) is 0 Å². The highest BCUT2D eigenvalue weighted by atomic mass is 35.5. The number of H-pyrrole nitrogens is 1. The molecular weight excluding hydrogens is 384 g/mol. The Morgan fingerprint density at radius 1 is 1.26 bits per heavy atom. The van der Waals surface area contributed by atoms with Gasteiger partial charge >= 0.3 is 0 Å². The van der Waals surface area contributed by atoms with Crippen LogP contribution >= 0.6 is 22.9 Å². The summed E-state index contributed by atoms with van der Waals surface area (Å²) < 4.78 is 5.78. The van der Waals surface area contributed by atoms with Gasteiger partial charge < -0.3 is 15.0 Å². The van der Waals surface area contributed by atoms with Gasteiger partial charge in [0.15, 0.2) is 11.5 Å². The maximum absolute atomic E-state index is 6.54. The fourth-order valence-corrected chi connectivity index (χ4v) is 3.84. The van der Waals surface area contributed by atoms with Crippen molar-refractivity contribution in [3.05, 3.63) is 45.8 Å². The normalized spacial score (nSPS) is 12.3. The van der Waals surface area contributed by atoms with Crippen molar-refractivity contribution in [2.24, 2.45) is 0 Å². The van der Waals surface area contributed by atoms with E-state index in [1.807, 2.05) is 25.3 Å². The molecule has 0 radical (unpaired) electrons. The summed E-state index contributed by atoms with van der Waals surface area (Å²) in [5.41, 5.74) is 6.76. The Morgan fingerprint density at radius 3 is 2.85 bits per heavy atom. The van der Waals surface area contributed by atoms with Gasteiger partial charge in [-0.25, -0.2) is 19.9 Å². The number of hydrogen-bond donors (Lipinski definition) is 2. The lowest BCUT2D eigenvalue weighted by Crippen LogP contribution is -2.11. The summed E-state index contributed by atoms with van der Waals surface area (Å²) in [6.07, 6.45) is 3.09. The van der Waals surface area contributed by atoms with Gasteiger partial charge in [0, 0.05) is 21.5 Å². The van der Waals surface area contributed by atoms with Crippen LogP contribution in [0.15, 0.2) is 29.6 Å². The molecule has 0 aliphatic heterocycles. The third-order valence-corrected chi connectivity index (χ3v) is 5.41. The number of rotatable bonds is 5. The summed E-state index contributed by atoms with van der Waals surface area (Å²) >= 11 is 8.07. The van der Waals surface area contributed by atoms with Crippen molar-refractivity contribution >= 4 is 39.9 Å². The van der Waals surface area contributed by atoms with Crippen molar-refractivity contribution < 1.29 is 4.74 Å². The zero-order valence-electron chi connectivity index (χ0n) is 14.9. The molecule has 0 fully saturated rings. The summed E-state index contributed by atoms with van der Waals surface area (Å²) in [6.45, 7) is 3.99. The number of aromatic amines is 1. The van der Waals surface area contributed by atoms with Crippen LogP contribution in [0.3, 0.4) is 0 Å². The Bertz CT molecular complexity index is 1090. The number of hydrogen-bond acceptors (Lipinski definition) is 7. The van der Waals surface area contributed by atoms with E-state index < -0.39 is 0 Å². The highest BCUT2D eigenvalue weighted by molar-refractivity contribution is 7.07. The van der Waals surface area contributed by atoms with Crippen LogP contribution in [-0.2, 0) is 0 Å². The third kappa shape index (κ3) is 3.11. The van der Waals surface area contributed by atoms with Crippen molar-refractivity contribution in [2.45, 2.75) is 19.9 Å².